The molecule has 2 aromatic heterocycles. The molecule has 1 saturated heterocycles. The van der Waals surface area contributed by atoms with Crippen LogP contribution < -0.4 is 0 Å². The fourth-order valence-corrected chi connectivity index (χ4v) is 3.23. The monoisotopic (exact) mass is 287 g/mol. The number of rotatable bonds is 2. The van der Waals surface area contributed by atoms with E-state index in [-0.39, 0.29) is 5.91 Å². The van der Waals surface area contributed by atoms with Crippen molar-refractivity contribution in [2.45, 2.75) is 25.7 Å². The quantitative estimate of drug-likeness (QED) is 0.852. The number of likely N-dealkylation sites (tertiary alicyclic amines) is 1. The van der Waals surface area contributed by atoms with Crippen LogP contribution in [-0.2, 0) is 0 Å². The molecule has 1 aliphatic rings. The third-order valence-corrected chi connectivity index (χ3v) is 4.44. The van der Waals surface area contributed by atoms with Crippen molar-refractivity contribution in [1.29, 1.82) is 0 Å². The van der Waals surface area contributed by atoms with E-state index in [1.54, 1.807) is 12.4 Å². The van der Waals surface area contributed by atoms with Gasteiger partial charge < -0.3 is 4.90 Å². The second-order valence-corrected chi connectivity index (χ2v) is 5.84. The molecule has 0 aliphatic carbocycles. The third-order valence-electron chi connectivity index (χ3n) is 3.54. The van der Waals surface area contributed by atoms with Crippen LogP contribution in [0.2, 0.25) is 0 Å². The van der Waals surface area contributed by atoms with Crippen molar-refractivity contribution in [2.24, 2.45) is 0 Å². The zero-order valence-corrected chi connectivity index (χ0v) is 12.1. The molecule has 0 saturated carbocycles. The lowest BCUT2D eigenvalue weighted by Gasteiger charge is -2.18. The van der Waals surface area contributed by atoms with Gasteiger partial charge in [-0.1, -0.05) is 12.8 Å². The predicted molar refractivity (Wildman–Crippen MR) is 79.7 cm³/mol. The maximum atomic E-state index is 12.5. The van der Waals surface area contributed by atoms with Crippen LogP contribution >= 0.6 is 11.3 Å². The highest BCUT2D eigenvalue weighted by Crippen LogP contribution is 2.24. The number of nitrogens with zero attached hydrogens (tertiary/aromatic N) is 3. The van der Waals surface area contributed by atoms with E-state index in [1.807, 2.05) is 22.4 Å². The molecular formula is C15H17N3OS. The van der Waals surface area contributed by atoms with Crippen LogP contribution in [-0.4, -0.2) is 33.9 Å². The largest absolute Gasteiger partial charge is 0.337 e. The molecule has 0 N–H and O–H groups in total. The van der Waals surface area contributed by atoms with Gasteiger partial charge in [0.2, 0.25) is 0 Å². The van der Waals surface area contributed by atoms with Gasteiger partial charge in [0.15, 0.2) is 0 Å². The van der Waals surface area contributed by atoms with Crippen LogP contribution in [0.5, 0.6) is 0 Å². The summed E-state index contributed by atoms with van der Waals surface area (Å²) in [5, 5.41) is 2.74. The Kier molecular flexibility index (Phi) is 4.06. The Labute approximate surface area is 122 Å². The maximum absolute atomic E-state index is 12.5. The van der Waals surface area contributed by atoms with Crippen molar-refractivity contribution in [3.63, 3.8) is 0 Å². The molecule has 3 heterocycles. The summed E-state index contributed by atoms with van der Waals surface area (Å²) in [4.78, 5) is 22.9. The van der Waals surface area contributed by atoms with Crippen molar-refractivity contribution < 1.29 is 4.79 Å². The van der Waals surface area contributed by atoms with E-state index >= 15 is 0 Å². The first-order chi connectivity index (χ1) is 9.84. The van der Waals surface area contributed by atoms with Crippen molar-refractivity contribution in [3.8, 4) is 10.6 Å². The molecule has 0 radical (unpaired) electrons. The van der Waals surface area contributed by atoms with Crippen LogP contribution in [0, 0.1) is 0 Å². The molecule has 0 atom stereocenters. The Morgan fingerprint density at radius 1 is 1.10 bits per heavy atom. The SMILES string of the molecule is O=C(c1csc(-c2ccncc2)n1)N1CCCCCC1. The fraction of sp³-hybridized carbons (Fsp3) is 0.400. The Bertz CT molecular complexity index is 574. The van der Waals surface area contributed by atoms with Crippen molar-refractivity contribution in [3.05, 3.63) is 35.6 Å². The highest BCUT2D eigenvalue weighted by Gasteiger charge is 2.20. The first-order valence-corrected chi connectivity index (χ1v) is 7.88. The van der Waals surface area contributed by atoms with E-state index in [4.69, 9.17) is 0 Å². The predicted octanol–water partition coefficient (Wildman–Crippen LogP) is 3.22. The third kappa shape index (κ3) is 2.88. The number of hydrogen-bond acceptors (Lipinski definition) is 4. The van der Waals surface area contributed by atoms with Gasteiger partial charge >= 0.3 is 0 Å². The fourth-order valence-electron chi connectivity index (χ4n) is 2.43. The molecule has 1 aliphatic heterocycles. The molecule has 0 aromatic carbocycles. The number of pyridine rings is 1. The lowest BCUT2D eigenvalue weighted by Crippen LogP contribution is -2.32. The van der Waals surface area contributed by atoms with E-state index in [2.05, 4.69) is 9.97 Å². The summed E-state index contributed by atoms with van der Waals surface area (Å²) in [7, 11) is 0. The van der Waals surface area contributed by atoms with E-state index in [9.17, 15) is 4.79 Å². The van der Waals surface area contributed by atoms with Crippen LogP contribution in [0.15, 0.2) is 29.9 Å². The summed E-state index contributed by atoms with van der Waals surface area (Å²) in [5.74, 6) is 0.0726. The summed E-state index contributed by atoms with van der Waals surface area (Å²) in [6.45, 7) is 1.72. The normalized spacial score (nSPS) is 15.9. The topological polar surface area (TPSA) is 46.1 Å². The van der Waals surface area contributed by atoms with Gasteiger partial charge in [0.25, 0.3) is 5.91 Å². The maximum Gasteiger partial charge on any atom is 0.273 e. The second kappa shape index (κ2) is 6.13. The molecule has 104 valence electrons. The van der Waals surface area contributed by atoms with Gasteiger partial charge in [-0.3, -0.25) is 9.78 Å². The molecule has 5 heteroatoms. The zero-order chi connectivity index (χ0) is 13.8. The first-order valence-electron chi connectivity index (χ1n) is 7.00. The first kappa shape index (κ1) is 13.2. The van der Waals surface area contributed by atoms with Gasteiger partial charge in [0, 0.05) is 36.4 Å². The minimum Gasteiger partial charge on any atom is -0.337 e. The summed E-state index contributed by atoms with van der Waals surface area (Å²) in [6.07, 6.45) is 8.15. The average molecular weight is 287 g/mol. The number of aromatic nitrogens is 2. The van der Waals surface area contributed by atoms with E-state index < -0.39 is 0 Å². The Morgan fingerprint density at radius 2 is 1.80 bits per heavy atom. The second-order valence-electron chi connectivity index (χ2n) is 4.98. The molecule has 1 amide bonds. The van der Waals surface area contributed by atoms with Gasteiger partial charge in [0.1, 0.15) is 10.7 Å². The lowest BCUT2D eigenvalue weighted by molar-refractivity contribution is 0.0756. The van der Waals surface area contributed by atoms with Gasteiger partial charge in [-0.15, -0.1) is 11.3 Å². The zero-order valence-electron chi connectivity index (χ0n) is 11.3. The van der Waals surface area contributed by atoms with Crippen LogP contribution in [0.4, 0.5) is 0 Å². The minimum atomic E-state index is 0.0726. The van der Waals surface area contributed by atoms with Crippen molar-refractivity contribution in [2.75, 3.05) is 13.1 Å². The summed E-state index contributed by atoms with van der Waals surface area (Å²) >= 11 is 1.51. The molecule has 1 fully saturated rings. The highest BCUT2D eigenvalue weighted by molar-refractivity contribution is 7.13. The van der Waals surface area contributed by atoms with Gasteiger partial charge in [0.05, 0.1) is 0 Å². The number of hydrogen-bond donors (Lipinski definition) is 0. The van der Waals surface area contributed by atoms with E-state index in [0.717, 1.165) is 36.5 Å². The molecule has 0 unspecified atom stereocenters. The molecule has 20 heavy (non-hydrogen) atoms. The number of thiazole rings is 1. The molecular weight excluding hydrogens is 270 g/mol. The minimum absolute atomic E-state index is 0.0726. The Morgan fingerprint density at radius 3 is 2.50 bits per heavy atom. The van der Waals surface area contributed by atoms with Crippen molar-refractivity contribution in [1.82, 2.24) is 14.9 Å². The summed E-state index contributed by atoms with van der Waals surface area (Å²) < 4.78 is 0. The molecule has 0 spiro atoms. The van der Waals surface area contributed by atoms with Crippen molar-refractivity contribution >= 4 is 17.2 Å². The Balaban J connectivity index is 1.77. The Hall–Kier alpha value is -1.75. The molecule has 0 bridgehead atoms. The van der Waals surface area contributed by atoms with Gasteiger partial charge in [-0.2, -0.15) is 0 Å². The standard InChI is InChI=1S/C15H17N3OS/c19-15(18-9-3-1-2-4-10-18)13-11-20-14(17-13)12-5-7-16-8-6-12/h5-8,11H,1-4,9-10H2. The molecule has 4 nitrogen and oxygen atoms in total. The average Bonchev–Trinajstić information content (AvgIpc) is 2.83. The molecule has 2 aromatic rings. The summed E-state index contributed by atoms with van der Waals surface area (Å²) in [6, 6.07) is 3.83. The van der Waals surface area contributed by atoms with Gasteiger partial charge in [-0.05, 0) is 25.0 Å². The smallest absolute Gasteiger partial charge is 0.273 e. The van der Waals surface area contributed by atoms with Crippen LogP contribution in [0.3, 0.4) is 0 Å². The van der Waals surface area contributed by atoms with E-state index in [0.29, 0.717) is 5.69 Å². The highest BCUT2D eigenvalue weighted by atomic mass is 32.1. The van der Waals surface area contributed by atoms with E-state index in [1.165, 1.54) is 24.2 Å². The number of carbonyl (C=O) groups is 1. The number of carbonyl (C=O) groups excluding carboxylic acids is 1. The van der Waals surface area contributed by atoms with Gasteiger partial charge in [-0.25, -0.2) is 4.98 Å². The lowest BCUT2D eigenvalue weighted by atomic mass is 10.2. The number of amides is 1. The van der Waals surface area contributed by atoms with Crippen LogP contribution in [0.1, 0.15) is 36.2 Å². The molecule has 3 rings (SSSR count). The summed E-state index contributed by atoms with van der Waals surface area (Å²) in [5.41, 5.74) is 1.59. The van der Waals surface area contributed by atoms with Crippen LogP contribution in [0.25, 0.3) is 10.6 Å².